The van der Waals surface area contributed by atoms with E-state index in [2.05, 4.69) is 36.1 Å². The quantitative estimate of drug-likeness (QED) is 0.811. The first-order valence-electron chi connectivity index (χ1n) is 8.40. The fraction of sp³-hybridized carbons (Fsp3) is 0.667. The van der Waals surface area contributed by atoms with Crippen LogP contribution in [0.5, 0.6) is 0 Å². The van der Waals surface area contributed by atoms with Crippen LogP contribution in [0.2, 0.25) is 0 Å². The number of anilines is 1. The van der Waals surface area contributed by atoms with E-state index in [4.69, 9.17) is 0 Å². The van der Waals surface area contributed by atoms with Gasteiger partial charge in [0.05, 0.1) is 12.4 Å². The summed E-state index contributed by atoms with van der Waals surface area (Å²) in [6, 6.07) is 0. The fourth-order valence-electron chi connectivity index (χ4n) is 3.63. The molecule has 9 heteroatoms. The van der Waals surface area contributed by atoms with Crippen molar-refractivity contribution >= 4 is 18.4 Å². The molecule has 24 heavy (non-hydrogen) atoms. The number of hydrogen-bond donors (Lipinski definition) is 2. The third-order valence-corrected chi connectivity index (χ3v) is 5.02. The second kappa shape index (κ2) is 7.85. The molecule has 2 fully saturated rings. The molecule has 0 radical (unpaired) electrons. The lowest BCUT2D eigenvalue weighted by molar-refractivity contribution is 0.322. The van der Waals surface area contributed by atoms with Gasteiger partial charge in [-0.15, -0.1) is 17.5 Å². The molecule has 0 unspecified atom stereocenters. The number of hydrogen-bond acceptors (Lipinski definition) is 7. The van der Waals surface area contributed by atoms with Crippen LogP contribution in [0, 0.1) is 17.8 Å². The van der Waals surface area contributed by atoms with Gasteiger partial charge in [0, 0.05) is 6.54 Å². The van der Waals surface area contributed by atoms with Crippen LogP contribution in [0.4, 0.5) is 5.95 Å². The molecule has 0 aromatic carbocycles. The van der Waals surface area contributed by atoms with E-state index in [1.165, 1.54) is 49.8 Å². The Hall–Kier alpha value is -1.80. The Morgan fingerprint density at radius 3 is 2.71 bits per heavy atom. The molecule has 2 atom stereocenters. The summed E-state index contributed by atoms with van der Waals surface area (Å²) in [5, 5.41) is 17.8. The van der Waals surface area contributed by atoms with Crippen molar-refractivity contribution in [3.8, 4) is 5.69 Å². The van der Waals surface area contributed by atoms with Crippen LogP contribution < -0.4 is 10.6 Å². The minimum Gasteiger partial charge on any atom is -0.354 e. The van der Waals surface area contributed by atoms with Crippen LogP contribution in [0.15, 0.2) is 18.7 Å². The first kappa shape index (κ1) is 17.0. The minimum atomic E-state index is 0. The molecule has 0 amide bonds. The summed E-state index contributed by atoms with van der Waals surface area (Å²) in [7, 11) is 0. The number of nitrogens with zero attached hydrogens (tertiary/aromatic N) is 6. The Labute approximate surface area is 147 Å². The number of piperidine rings is 1. The Morgan fingerprint density at radius 2 is 2.00 bits per heavy atom. The predicted octanol–water partition coefficient (Wildman–Crippen LogP) is 1.31. The Morgan fingerprint density at radius 1 is 1.21 bits per heavy atom. The molecule has 0 bridgehead atoms. The van der Waals surface area contributed by atoms with E-state index in [1.807, 2.05) is 0 Å². The van der Waals surface area contributed by atoms with E-state index in [0.717, 1.165) is 30.0 Å². The van der Waals surface area contributed by atoms with Gasteiger partial charge in [0.2, 0.25) is 5.95 Å². The van der Waals surface area contributed by atoms with Gasteiger partial charge in [-0.3, -0.25) is 0 Å². The van der Waals surface area contributed by atoms with Crippen LogP contribution >= 0.6 is 12.4 Å². The molecule has 3 heterocycles. The molecular weight excluding hydrogens is 328 g/mol. The highest BCUT2D eigenvalue weighted by Crippen LogP contribution is 2.49. The normalized spacial score (nSPS) is 23.5. The summed E-state index contributed by atoms with van der Waals surface area (Å²) in [5.41, 5.74) is 0.758. The van der Waals surface area contributed by atoms with Gasteiger partial charge in [-0.1, -0.05) is 0 Å². The SMILES string of the molecule is Cl.c1nc(NCC[C@H]2C[C@@H]2C2CCNCC2)ncc1-n1cnnn1. The van der Waals surface area contributed by atoms with Crippen LogP contribution in [-0.4, -0.2) is 49.8 Å². The zero-order chi connectivity index (χ0) is 15.5. The highest BCUT2D eigenvalue weighted by atomic mass is 35.5. The number of halogens is 1. The van der Waals surface area contributed by atoms with Crippen LogP contribution in [0.3, 0.4) is 0 Å². The standard InChI is InChI=1S/C15H22N8.ClH/c1-4-16-5-2-11(1)14-7-12(14)3-6-17-15-18-8-13(9-19-15)23-10-20-21-22-23;/h8-12,14,16H,1-7H2,(H,17,18,19);1H/t12-,14+;/m0./s1. The molecule has 1 saturated heterocycles. The second-order valence-corrected chi connectivity index (χ2v) is 6.48. The second-order valence-electron chi connectivity index (χ2n) is 6.48. The summed E-state index contributed by atoms with van der Waals surface area (Å²) in [5.74, 6) is 3.47. The van der Waals surface area contributed by atoms with Crippen molar-refractivity contribution in [1.29, 1.82) is 0 Å². The molecular formula is C15H23ClN8. The molecule has 4 rings (SSSR count). The first-order valence-corrected chi connectivity index (χ1v) is 8.40. The van der Waals surface area contributed by atoms with Crippen LogP contribution in [-0.2, 0) is 0 Å². The van der Waals surface area contributed by atoms with Gasteiger partial charge in [0.1, 0.15) is 12.0 Å². The maximum absolute atomic E-state index is 4.31. The number of tetrazole rings is 1. The maximum atomic E-state index is 4.31. The molecule has 130 valence electrons. The van der Waals surface area contributed by atoms with Crippen molar-refractivity contribution in [3.63, 3.8) is 0 Å². The van der Waals surface area contributed by atoms with E-state index in [1.54, 1.807) is 12.4 Å². The zero-order valence-electron chi connectivity index (χ0n) is 13.5. The molecule has 1 aliphatic heterocycles. The zero-order valence-corrected chi connectivity index (χ0v) is 14.3. The van der Waals surface area contributed by atoms with Gasteiger partial charge in [-0.2, -0.15) is 4.68 Å². The molecule has 2 aromatic rings. The van der Waals surface area contributed by atoms with Crippen molar-refractivity contribution in [3.05, 3.63) is 18.7 Å². The van der Waals surface area contributed by atoms with E-state index in [0.29, 0.717) is 5.95 Å². The number of rotatable bonds is 6. The maximum Gasteiger partial charge on any atom is 0.222 e. The van der Waals surface area contributed by atoms with Gasteiger partial charge in [-0.05, 0) is 67.0 Å². The third-order valence-electron chi connectivity index (χ3n) is 5.02. The Kier molecular flexibility index (Phi) is 5.57. The lowest BCUT2D eigenvalue weighted by Crippen LogP contribution is -2.29. The van der Waals surface area contributed by atoms with E-state index < -0.39 is 0 Å². The summed E-state index contributed by atoms with van der Waals surface area (Å²) < 4.78 is 1.54. The summed E-state index contributed by atoms with van der Waals surface area (Å²) >= 11 is 0. The topological polar surface area (TPSA) is 93.4 Å². The smallest absolute Gasteiger partial charge is 0.222 e. The number of aromatic nitrogens is 6. The van der Waals surface area contributed by atoms with Gasteiger partial charge in [0.15, 0.2) is 0 Å². The summed E-state index contributed by atoms with van der Waals surface area (Å²) in [6.07, 6.45) is 10.3. The molecule has 1 saturated carbocycles. The van der Waals surface area contributed by atoms with Gasteiger partial charge in [0.25, 0.3) is 0 Å². The molecule has 0 spiro atoms. The highest BCUT2D eigenvalue weighted by Gasteiger charge is 2.42. The lowest BCUT2D eigenvalue weighted by Gasteiger charge is -2.22. The average Bonchev–Trinajstić information content (AvgIpc) is 3.17. The first-order chi connectivity index (χ1) is 11.4. The Balaban J connectivity index is 0.00000169. The van der Waals surface area contributed by atoms with Crippen molar-refractivity contribution < 1.29 is 0 Å². The molecule has 1 aliphatic carbocycles. The molecule has 2 N–H and O–H groups in total. The monoisotopic (exact) mass is 350 g/mol. The summed E-state index contributed by atoms with van der Waals surface area (Å²) in [4.78, 5) is 8.63. The van der Waals surface area contributed by atoms with Crippen molar-refractivity contribution in [2.45, 2.75) is 25.7 Å². The summed E-state index contributed by atoms with van der Waals surface area (Å²) in [6.45, 7) is 3.34. The lowest BCUT2D eigenvalue weighted by atomic mass is 9.91. The van der Waals surface area contributed by atoms with Gasteiger partial charge < -0.3 is 10.6 Å². The van der Waals surface area contributed by atoms with E-state index in [-0.39, 0.29) is 12.4 Å². The molecule has 2 aromatic heterocycles. The highest BCUT2D eigenvalue weighted by molar-refractivity contribution is 5.85. The van der Waals surface area contributed by atoms with Gasteiger partial charge in [-0.25, -0.2) is 9.97 Å². The molecule has 8 nitrogen and oxygen atoms in total. The Bertz CT molecular complexity index is 611. The average molecular weight is 351 g/mol. The largest absolute Gasteiger partial charge is 0.354 e. The van der Waals surface area contributed by atoms with E-state index >= 15 is 0 Å². The van der Waals surface area contributed by atoms with Crippen molar-refractivity contribution in [1.82, 2.24) is 35.5 Å². The van der Waals surface area contributed by atoms with Crippen molar-refractivity contribution in [2.24, 2.45) is 17.8 Å². The van der Waals surface area contributed by atoms with E-state index in [9.17, 15) is 0 Å². The van der Waals surface area contributed by atoms with Crippen LogP contribution in [0.25, 0.3) is 5.69 Å². The minimum absolute atomic E-state index is 0. The van der Waals surface area contributed by atoms with Crippen LogP contribution in [0.1, 0.15) is 25.7 Å². The molecule has 2 aliphatic rings. The fourth-order valence-corrected chi connectivity index (χ4v) is 3.63. The van der Waals surface area contributed by atoms with Gasteiger partial charge >= 0.3 is 0 Å². The van der Waals surface area contributed by atoms with Crippen molar-refractivity contribution in [2.75, 3.05) is 25.0 Å². The third kappa shape index (κ3) is 3.99. The predicted molar refractivity (Wildman–Crippen MR) is 92.3 cm³/mol. The number of nitrogens with one attached hydrogen (secondary N) is 2.